The first-order valence-corrected chi connectivity index (χ1v) is 6.10. The fraction of sp³-hybridized carbons (Fsp3) is 0.846. The smallest absolute Gasteiger partial charge is 0.00415 e. The van der Waals surface area contributed by atoms with Crippen molar-refractivity contribution in [2.45, 2.75) is 58.9 Å². The lowest BCUT2D eigenvalue weighted by molar-refractivity contribution is 0.537. The van der Waals surface area contributed by atoms with E-state index < -0.39 is 0 Å². The molecule has 0 spiro atoms. The first-order valence-electron chi connectivity index (χ1n) is 6.10. The Balaban J connectivity index is 2.41. The Labute approximate surface area is 89.0 Å². The van der Waals surface area contributed by atoms with Crippen molar-refractivity contribution in [2.24, 2.45) is 5.92 Å². The molecule has 1 heteroatoms. The van der Waals surface area contributed by atoms with E-state index in [0.29, 0.717) is 6.04 Å². The van der Waals surface area contributed by atoms with E-state index in [9.17, 15) is 0 Å². The third-order valence-corrected chi connectivity index (χ3v) is 3.36. The molecule has 0 heterocycles. The Morgan fingerprint density at radius 3 is 2.71 bits per heavy atom. The maximum Gasteiger partial charge on any atom is 0.00415 e. The molecule has 0 bridgehead atoms. The second-order valence-corrected chi connectivity index (χ2v) is 4.56. The fourth-order valence-corrected chi connectivity index (χ4v) is 2.28. The lowest BCUT2D eigenvalue weighted by Gasteiger charge is -2.08. The second kappa shape index (κ2) is 5.55. The van der Waals surface area contributed by atoms with E-state index >= 15 is 0 Å². The van der Waals surface area contributed by atoms with Crippen LogP contribution in [0.5, 0.6) is 0 Å². The summed E-state index contributed by atoms with van der Waals surface area (Å²) in [4.78, 5) is 0. The van der Waals surface area contributed by atoms with Gasteiger partial charge in [0.15, 0.2) is 0 Å². The lowest BCUT2D eigenvalue weighted by atomic mass is 10.0. The average Bonchev–Trinajstić information content (AvgIpc) is 2.93. The van der Waals surface area contributed by atoms with Gasteiger partial charge in [-0.1, -0.05) is 31.4 Å². The Morgan fingerprint density at radius 1 is 1.50 bits per heavy atom. The first kappa shape index (κ1) is 11.8. The highest BCUT2D eigenvalue weighted by atomic mass is 14.9. The minimum Gasteiger partial charge on any atom is -0.317 e. The molecule has 82 valence electrons. The van der Waals surface area contributed by atoms with Gasteiger partial charge in [-0.25, -0.2) is 0 Å². The number of allylic oxidation sites excluding steroid dienone is 2. The number of hydrogen-bond acceptors (Lipinski definition) is 1. The van der Waals surface area contributed by atoms with Gasteiger partial charge in [0.25, 0.3) is 0 Å². The summed E-state index contributed by atoms with van der Waals surface area (Å²) in [7, 11) is 2.06. The van der Waals surface area contributed by atoms with E-state index in [0.717, 1.165) is 5.92 Å². The van der Waals surface area contributed by atoms with Crippen LogP contribution in [0.4, 0.5) is 0 Å². The van der Waals surface area contributed by atoms with Crippen LogP contribution in [0.2, 0.25) is 0 Å². The zero-order valence-corrected chi connectivity index (χ0v) is 10.2. The summed E-state index contributed by atoms with van der Waals surface area (Å²) < 4.78 is 0. The van der Waals surface area contributed by atoms with E-state index in [1.165, 1.54) is 32.1 Å². The van der Waals surface area contributed by atoms with Gasteiger partial charge in [0.05, 0.1) is 0 Å². The van der Waals surface area contributed by atoms with Crippen molar-refractivity contribution in [3.8, 4) is 0 Å². The van der Waals surface area contributed by atoms with Gasteiger partial charge in [0, 0.05) is 6.04 Å². The molecule has 1 N–H and O–H groups in total. The quantitative estimate of drug-likeness (QED) is 0.640. The van der Waals surface area contributed by atoms with Crippen LogP contribution in [-0.4, -0.2) is 13.1 Å². The summed E-state index contributed by atoms with van der Waals surface area (Å²) in [5.41, 5.74) is 3.54. The number of nitrogens with one attached hydrogen (secondary N) is 1. The minimum atomic E-state index is 0.678. The molecule has 0 amide bonds. The van der Waals surface area contributed by atoms with Crippen molar-refractivity contribution < 1.29 is 0 Å². The molecule has 0 aromatic carbocycles. The third-order valence-electron chi connectivity index (χ3n) is 3.36. The van der Waals surface area contributed by atoms with Crippen molar-refractivity contribution in [3.05, 3.63) is 11.1 Å². The van der Waals surface area contributed by atoms with Gasteiger partial charge < -0.3 is 5.32 Å². The predicted molar refractivity (Wildman–Crippen MR) is 63.5 cm³/mol. The van der Waals surface area contributed by atoms with Gasteiger partial charge >= 0.3 is 0 Å². The van der Waals surface area contributed by atoms with E-state index in [4.69, 9.17) is 0 Å². The van der Waals surface area contributed by atoms with Crippen LogP contribution in [0.1, 0.15) is 52.9 Å². The summed E-state index contributed by atoms with van der Waals surface area (Å²) in [5.74, 6) is 0.916. The molecule has 1 fully saturated rings. The summed E-state index contributed by atoms with van der Waals surface area (Å²) in [5, 5.41) is 3.32. The Kier molecular flexibility index (Phi) is 4.67. The predicted octanol–water partition coefficient (Wildman–Crippen LogP) is 3.51. The van der Waals surface area contributed by atoms with Crippen molar-refractivity contribution in [3.63, 3.8) is 0 Å². The maximum absolute atomic E-state index is 3.32. The molecule has 0 radical (unpaired) electrons. The lowest BCUT2D eigenvalue weighted by Crippen LogP contribution is -2.21. The highest BCUT2D eigenvalue weighted by Gasteiger charge is 2.32. The van der Waals surface area contributed by atoms with Crippen molar-refractivity contribution in [1.29, 1.82) is 0 Å². The molecule has 2 unspecified atom stereocenters. The maximum atomic E-state index is 3.32. The van der Waals surface area contributed by atoms with Crippen LogP contribution in [0.3, 0.4) is 0 Å². The molecule has 2 atom stereocenters. The molecular weight excluding hydrogens is 170 g/mol. The fourth-order valence-electron chi connectivity index (χ4n) is 2.28. The average molecular weight is 195 g/mol. The van der Waals surface area contributed by atoms with Crippen LogP contribution < -0.4 is 5.32 Å². The normalized spacial score (nSPS) is 26.1. The van der Waals surface area contributed by atoms with Crippen molar-refractivity contribution in [1.82, 2.24) is 5.32 Å². The van der Waals surface area contributed by atoms with E-state index in [-0.39, 0.29) is 0 Å². The van der Waals surface area contributed by atoms with Crippen LogP contribution in [0.25, 0.3) is 0 Å². The highest BCUT2D eigenvalue weighted by Crippen LogP contribution is 2.45. The highest BCUT2D eigenvalue weighted by molar-refractivity contribution is 5.30. The molecule has 0 aliphatic heterocycles. The van der Waals surface area contributed by atoms with Crippen molar-refractivity contribution >= 4 is 0 Å². The molecule has 0 saturated heterocycles. The Bertz CT molecular complexity index is 205. The summed E-state index contributed by atoms with van der Waals surface area (Å²) >= 11 is 0. The topological polar surface area (TPSA) is 12.0 Å². The van der Waals surface area contributed by atoms with Gasteiger partial charge in [-0.15, -0.1) is 0 Å². The monoisotopic (exact) mass is 195 g/mol. The Morgan fingerprint density at radius 2 is 2.21 bits per heavy atom. The first-order chi connectivity index (χ1) is 6.72. The molecule has 1 nitrogen and oxygen atoms in total. The summed E-state index contributed by atoms with van der Waals surface area (Å²) in [6, 6.07) is 0.678. The van der Waals surface area contributed by atoms with Gasteiger partial charge in [-0.3, -0.25) is 0 Å². The minimum absolute atomic E-state index is 0.678. The standard InChI is InChI=1S/C13H25N/c1-5-7-11(6-2)13-9-12(13)8-10(3)14-4/h10,12,14H,5-9H2,1-4H3. The summed E-state index contributed by atoms with van der Waals surface area (Å²) in [6.07, 6.45) is 6.62. The van der Waals surface area contributed by atoms with Crippen LogP contribution in [-0.2, 0) is 0 Å². The van der Waals surface area contributed by atoms with Crippen LogP contribution in [0, 0.1) is 5.92 Å². The molecule has 0 aromatic heterocycles. The molecule has 1 rings (SSSR count). The molecule has 0 aromatic rings. The third kappa shape index (κ3) is 3.13. The van der Waals surface area contributed by atoms with E-state index in [1.54, 1.807) is 11.1 Å². The largest absolute Gasteiger partial charge is 0.317 e. The van der Waals surface area contributed by atoms with E-state index in [2.05, 4.69) is 33.1 Å². The molecular formula is C13H25N. The SMILES string of the molecule is CCCC(CC)=C1CC1CC(C)NC. The Hall–Kier alpha value is -0.300. The molecule has 1 saturated carbocycles. The van der Waals surface area contributed by atoms with Crippen molar-refractivity contribution in [2.75, 3.05) is 7.05 Å². The van der Waals surface area contributed by atoms with E-state index in [1.807, 2.05) is 0 Å². The zero-order valence-electron chi connectivity index (χ0n) is 10.2. The number of hydrogen-bond donors (Lipinski definition) is 1. The molecule has 1 aliphatic rings. The van der Waals surface area contributed by atoms with Gasteiger partial charge in [-0.2, -0.15) is 0 Å². The van der Waals surface area contributed by atoms with Crippen LogP contribution in [0.15, 0.2) is 11.1 Å². The summed E-state index contributed by atoms with van der Waals surface area (Å²) in [6.45, 7) is 6.86. The second-order valence-electron chi connectivity index (χ2n) is 4.56. The van der Waals surface area contributed by atoms with Gasteiger partial charge in [0.1, 0.15) is 0 Å². The zero-order chi connectivity index (χ0) is 10.6. The molecule has 1 aliphatic carbocycles. The van der Waals surface area contributed by atoms with Gasteiger partial charge in [0.2, 0.25) is 0 Å². The molecule has 14 heavy (non-hydrogen) atoms. The van der Waals surface area contributed by atoms with Crippen LogP contribution >= 0.6 is 0 Å². The van der Waals surface area contributed by atoms with Gasteiger partial charge in [-0.05, 0) is 45.6 Å². The number of rotatable bonds is 6.